The van der Waals surface area contributed by atoms with Crippen LogP contribution in [0.1, 0.15) is 26.2 Å². The van der Waals surface area contributed by atoms with E-state index < -0.39 is 0 Å². The van der Waals surface area contributed by atoms with E-state index in [0.29, 0.717) is 11.8 Å². The van der Waals surface area contributed by atoms with Crippen LogP contribution in [0.3, 0.4) is 0 Å². The van der Waals surface area contributed by atoms with Crippen molar-refractivity contribution in [1.29, 1.82) is 0 Å². The third-order valence-electron chi connectivity index (χ3n) is 3.45. The third-order valence-corrected chi connectivity index (χ3v) is 3.45. The molecule has 0 radical (unpaired) electrons. The molecule has 0 heterocycles. The van der Waals surface area contributed by atoms with Gasteiger partial charge in [-0.05, 0) is 31.1 Å². The average Bonchev–Trinajstić information content (AvgIpc) is 2.62. The highest BCUT2D eigenvalue weighted by atomic mass is 16.1. The van der Waals surface area contributed by atoms with Gasteiger partial charge in [0.2, 0.25) is 0 Å². The number of aldehydes is 1. The standard InChI is InChI=1S/C10H14O/c1-2-10(7-11)6-8-3-4-9(10)5-8/h3-4,7-9H,2,5-6H2,1H3. The Balaban J connectivity index is 2.28. The molecule has 2 bridgehead atoms. The first-order valence-corrected chi connectivity index (χ1v) is 4.45. The molecule has 1 fully saturated rings. The van der Waals surface area contributed by atoms with E-state index >= 15 is 0 Å². The highest BCUT2D eigenvalue weighted by Crippen LogP contribution is 2.52. The zero-order valence-corrected chi connectivity index (χ0v) is 6.92. The van der Waals surface area contributed by atoms with E-state index in [1.807, 2.05) is 0 Å². The van der Waals surface area contributed by atoms with E-state index in [-0.39, 0.29) is 5.41 Å². The maximum atomic E-state index is 10.9. The van der Waals surface area contributed by atoms with Crippen molar-refractivity contribution in [1.82, 2.24) is 0 Å². The molecule has 0 saturated heterocycles. The van der Waals surface area contributed by atoms with Crippen molar-refractivity contribution in [2.75, 3.05) is 0 Å². The van der Waals surface area contributed by atoms with Gasteiger partial charge in [-0.15, -0.1) is 0 Å². The normalized spacial score (nSPS) is 46.6. The number of hydrogen-bond donors (Lipinski definition) is 0. The van der Waals surface area contributed by atoms with Crippen molar-refractivity contribution >= 4 is 6.29 Å². The molecule has 2 aliphatic rings. The molecular weight excluding hydrogens is 136 g/mol. The predicted octanol–water partition coefficient (Wildman–Crippen LogP) is 2.18. The van der Waals surface area contributed by atoms with Crippen LogP contribution >= 0.6 is 0 Å². The summed E-state index contributed by atoms with van der Waals surface area (Å²) in [6.07, 6.45) is 9.07. The summed E-state index contributed by atoms with van der Waals surface area (Å²) in [7, 11) is 0. The SMILES string of the molecule is CCC1(C=O)CC2C=CC1C2. The second-order valence-corrected chi connectivity index (χ2v) is 3.90. The van der Waals surface area contributed by atoms with E-state index in [4.69, 9.17) is 0 Å². The Labute approximate surface area is 67.5 Å². The lowest BCUT2D eigenvalue weighted by Gasteiger charge is -2.27. The molecule has 1 saturated carbocycles. The fourth-order valence-electron chi connectivity index (χ4n) is 2.62. The van der Waals surface area contributed by atoms with Crippen LogP contribution in [0.15, 0.2) is 12.2 Å². The number of allylic oxidation sites excluding steroid dienone is 2. The van der Waals surface area contributed by atoms with Crippen molar-refractivity contribution in [2.45, 2.75) is 26.2 Å². The van der Waals surface area contributed by atoms with Gasteiger partial charge in [-0.25, -0.2) is 0 Å². The van der Waals surface area contributed by atoms with E-state index in [1.54, 1.807) is 0 Å². The van der Waals surface area contributed by atoms with Crippen LogP contribution in [-0.4, -0.2) is 6.29 Å². The minimum absolute atomic E-state index is 0.0272. The highest BCUT2D eigenvalue weighted by molar-refractivity contribution is 5.62. The van der Waals surface area contributed by atoms with Gasteiger partial charge in [0.15, 0.2) is 0 Å². The second-order valence-electron chi connectivity index (χ2n) is 3.90. The summed E-state index contributed by atoms with van der Waals surface area (Å²) in [5.41, 5.74) is 0.0272. The van der Waals surface area contributed by atoms with Crippen molar-refractivity contribution in [3.05, 3.63) is 12.2 Å². The van der Waals surface area contributed by atoms with Gasteiger partial charge >= 0.3 is 0 Å². The summed E-state index contributed by atoms with van der Waals surface area (Å²) in [4.78, 5) is 10.9. The topological polar surface area (TPSA) is 17.1 Å². The lowest BCUT2D eigenvalue weighted by atomic mass is 9.75. The molecule has 0 aromatic carbocycles. The number of carbonyl (C=O) groups is 1. The van der Waals surface area contributed by atoms with Gasteiger partial charge in [-0.3, -0.25) is 0 Å². The summed E-state index contributed by atoms with van der Waals surface area (Å²) in [5, 5.41) is 0. The van der Waals surface area contributed by atoms with Crippen LogP contribution in [-0.2, 0) is 4.79 Å². The lowest BCUT2D eigenvalue weighted by Crippen LogP contribution is -2.26. The first kappa shape index (κ1) is 7.08. The van der Waals surface area contributed by atoms with E-state index in [9.17, 15) is 4.79 Å². The van der Waals surface area contributed by atoms with Crippen LogP contribution in [0, 0.1) is 17.3 Å². The Bertz CT molecular complexity index is 207. The monoisotopic (exact) mass is 150 g/mol. The molecule has 0 aromatic heterocycles. The molecule has 0 N–H and O–H groups in total. The summed E-state index contributed by atoms with van der Waals surface area (Å²) in [6.45, 7) is 2.13. The Kier molecular flexibility index (Phi) is 1.41. The molecule has 3 unspecified atom stereocenters. The summed E-state index contributed by atoms with van der Waals surface area (Å²) < 4.78 is 0. The zero-order chi connectivity index (χ0) is 7.90. The predicted molar refractivity (Wildman–Crippen MR) is 44.1 cm³/mol. The fourth-order valence-corrected chi connectivity index (χ4v) is 2.62. The Morgan fingerprint density at radius 1 is 1.64 bits per heavy atom. The lowest BCUT2D eigenvalue weighted by molar-refractivity contribution is -0.117. The molecule has 1 heteroatoms. The first-order valence-electron chi connectivity index (χ1n) is 4.45. The molecule has 11 heavy (non-hydrogen) atoms. The minimum Gasteiger partial charge on any atom is -0.303 e. The van der Waals surface area contributed by atoms with Gasteiger partial charge in [0.05, 0.1) is 0 Å². The third kappa shape index (κ3) is 0.800. The first-order chi connectivity index (χ1) is 5.30. The number of rotatable bonds is 2. The van der Waals surface area contributed by atoms with Gasteiger partial charge in [0.25, 0.3) is 0 Å². The van der Waals surface area contributed by atoms with Gasteiger partial charge in [0, 0.05) is 5.41 Å². The van der Waals surface area contributed by atoms with Gasteiger partial charge in [-0.2, -0.15) is 0 Å². The van der Waals surface area contributed by atoms with Crippen molar-refractivity contribution in [3.8, 4) is 0 Å². The summed E-state index contributed by atoms with van der Waals surface area (Å²) >= 11 is 0. The van der Waals surface area contributed by atoms with Crippen molar-refractivity contribution < 1.29 is 4.79 Å². The summed E-state index contributed by atoms with van der Waals surface area (Å²) in [6, 6.07) is 0. The van der Waals surface area contributed by atoms with E-state index in [1.165, 1.54) is 12.7 Å². The molecule has 2 aliphatic carbocycles. The highest BCUT2D eigenvalue weighted by Gasteiger charge is 2.46. The Morgan fingerprint density at radius 3 is 2.73 bits per heavy atom. The van der Waals surface area contributed by atoms with Crippen LogP contribution in [0.25, 0.3) is 0 Å². The number of fused-ring (bicyclic) bond motifs is 2. The van der Waals surface area contributed by atoms with E-state index in [2.05, 4.69) is 19.1 Å². The van der Waals surface area contributed by atoms with E-state index in [0.717, 1.165) is 12.8 Å². The largest absolute Gasteiger partial charge is 0.303 e. The van der Waals surface area contributed by atoms with Gasteiger partial charge in [-0.1, -0.05) is 19.1 Å². The smallest absolute Gasteiger partial charge is 0.126 e. The molecule has 3 atom stereocenters. The maximum Gasteiger partial charge on any atom is 0.126 e. The van der Waals surface area contributed by atoms with Crippen LogP contribution < -0.4 is 0 Å². The molecule has 0 amide bonds. The van der Waals surface area contributed by atoms with Gasteiger partial charge in [0.1, 0.15) is 6.29 Å². The molecule has 0 aromatic rings. The second kappa shape index (κ2) is 2.20. The van der Waals surface area contributed by atoms with Crippen molar-refractivity contribution in [3.63, 3.8) is 0 Å². The zero-order valence-electron chi connectivity index (χ0n) is 6.92. The molecule has 0 aliphatic heterocycles. The maximum absolute atomic E-state index is 10.9. The molecule has 60 valence electrons. The Morgan fingerprint density at radius 2 is 2.45 bits per heavy atom. The minimum atomic E-state index is 0.0272. The Hall–Kier alpha value is -0.590. The van der Waals surface area contributed by atoms with Crippen LogP contribution in [0.4, 0.5) is 0 Å². The average molecular weight is 150 g/mol. The number of carbonyl (C=O) groups excluding carboxylic acids is 1. The molecular formula is C10H14O. The van der Waals surface area contributed by atoms with Crippen molar-refractivity contribution in [2.24, 2.45) is 17.3 Å². The summed E-state index contributed by atoms with van der Waals surface area (Å²) in [5.74, 6) is 1.28. The number of hydrogen-bond acceptors (Lipinski definition) is 1. The molecule has 1 nitrogen and oxygen atoms in total. The molecule has 0 spiro atoms. The molecule has 2 rings (SSSR count). The van der Waals surface area contributed by atoms with Crippen LogP contribution in [0.5, 0.6) is 0 Å². The van der Waals surface area contributed by atoms with Crippen LogP contribution in [0.2, 0.25) is 0 Å². The van der Waals surface area contributed by atoms with Gasteiger partial charge < -0.3 is 4.79 Å². The fraction of sp³-hybridized carbons (Fsp3) is 0.700. The quantitative estimate of drug-likeness (QED) is 0.435.